The largest absolute Gasteiger partial charge is 0.483 e. The summed E-state index contributed by atoms with van der Waals surface area (Å²) in [6.45, 7) is 4.24. The van der Waals surface area contributed by atoms with E-state index in [4.69, 9.17) is 4.74 Å². The van der Waals surface area contributed by atoms with Crippen molar-refractivity contribution in [1.82, 2.24) is 5.32 Å². The lowest BCUT2D eigenvalue weighted by atomic mass is 9.80. The molecule has 1 aromatic rings. The molecule has 1 aliphatic rings. The van der Waals surface area contributed by atoms with Crippen molar-refractivity contribution < 1.29 is 14.6 Å². The molecule has 1 aliphatic carbocycles. The standard InChI is InChI=1S/C15H21NO3/c1-11-4-5-12(2)13(8-11)19-9-14(17)16-10-15(18)6-3-7-15/h4-5,8,18H,3,6-7,9-10H2,1-2H3,(H,16,17). The van der Waals surface area contributed by atoms with Crippen molar-refractivity contribution in [2.45, 2.75) is 38.7 Å². The van der Waals surface area contributed by atoms with Crippen LogP contribution in [0.15, 0.2) is 18.2 Å². The highest BCUT2D eigenvalue weighted by Crippen LogP contribution is 2.30. The maximum atomic E-state index is 11.7. The SMILES string of the molecule is Cc1ccc(C)c(OCC(=O)NCC2(O)CCC2)c1. The first-order valence-corrected chi connectivity index (χ1v) is 6.68. The summed E-state index contributed by atoms with van der Waals surface area (Å²) in [7, 11) is 0. The van der Waals surface area contributed by atoms with Crippen molar-refractivity contribution in [1.29, 1.82) is 0 Å². The zero-order valence-corrected chi connectivity index (χ0v) is 11.5. The predicted molar refractivity (Wildman–Crippen MR) is 73.2 cm³/mol. The molecule has 0 saturated heterocycles. The van der Waals surface area contributed by atoms with Crippen LogP contribution in [-0.4, -0.2) is 29.8 Å². The number of hydrogen-bond donors (Lipinski definition) is 2. The molecule has 1 amide bonds. The topological polar surface area (TPSA) is 58.6 Å². The first-order chi connectivity index (χ1) is 8.98. The van der Waals surface area contributed by atoms with Gasteiger partial charge in [0.05, 0.1) is 5.60 Å². The summed E-state index contributed by atoms with van der Waals surface area (Å²) in [5, 5.41) is 12.6. The third-order valence-corrected chi connectivity index (χ3v) is 3.60. The summed E-state index contributed by atoms with van der Waals surface area (Å²) in [6, 6.07) is 5.90. The zero-order valence-electron chi connectivity index (χ0n) is 11.5. The number of carbonyl (C=O) groups is 1. The van der Waals surface area contributed by atoms with Crippen molar-refractivity contribution in [2.75, 3.05) is 13.2 Å². The maximum absolute atomic E-state index is 11.7. The van der Waals surface area contributed by atoms with Crippen LogP contribution in [0.25, 0.3) is 0 Å². The van der Waals surface area contributed by atoms with Gasteiger partial charge in [-0.25, -0.2) is 0 Å². The van der Waals surface area contributed by atoms with Gasteiger partial charge in [-0.15, -0.1) is 0 Å². The molecule has 0 bridgehead atoms. The Bertz CT molecular complexity index is 466. The van der Waals surface area contributed by atoms with E-state index in [2.05, 4.69) is 5.32 Å². The Hall–Kier alpha value is -1.55. The fourth-order valence-corrected chi connectivity index (χ4v) is 2.08. The Kier molecular flexibility index (Phi) is 4.10. The summed E-state index contributed by atoms with van der Waals surface area (Å²) in [5.41, 5.74) is 1.43. The molecule has 1 saturated carbocycles. The van der Waals surface area contributed by atoms with Crippen LogP contribution in [-0.2, 0) is 4.79 Å². The quantitative estimate of drug-likeness (QED) is 0.850. The molecule has 0 aliphatic heterocycles. The van der Waals surface area contributed by atoms with Gasteiger partial charge < -0.3 is 15.2 Å². The number of nitrogens with one attached hydrogen (secondary N) is 1. The van der Waals surface area contributed by atoms with E-state index < -0.39 is 5.60 Å². The minimum Gasteiger partial charge on any atom is -0.483 e. The number of carbonyl (C=O) groups excluding carboxylic acids is 1. The number of aliphatic hydroxyl groups is 1. The van der Waals surface area contributed by atoms with Gasteiger partial charge in [-0.2, -0.15) is 0 Å². The van der Waals surface area contributed by atoms with Gasteiger partial charge >= 0.3 is 0 Å². The van der Waals surface area contributed by atoms with Gasteiger partial charge in [0.15, 0.2) is 6.61 Å². The summed E-state index contributed by atoms with van der Waals surface area (Å²) in [4.78, 5) is 11.7. The second-order valence-corrected chi connectivity index (χ2v) is 5.41. The lowest BCUT2D eigenvalue weighted by Gasteiger charge is -2.36. The minimum atomic E-state index is -0.686. The molecule has 0 heterocycles. The number of aryl methyl sites for hydroxylation is 2. The molecular formula is C15H21NO3. The summed E-state index contributed by atoms with van der Waals surface area (Å²) in [5.74, 6) is 0.540. The molecule has 4 nitrogen and oxygen atoms in total. The molecule has 0 aromatic heterocycles. The Morgan fingerprint density at radius 2 is 2.16 bits per heavy atom. The highest BCUT2D eigenvalue weighted by atomic mass is 16.5. The smallest absolute Gasteiger partial charge is 0.258 e. The van der Waals surface area contributed by atoms with Crippen molar-refractivity contribution in [3.63, 3.8) is 0 Å². The highest BCUT2D eigenvalue weighted by molar-refractivity contribution is 5.77. The summed E-state index contributed by atoms with van der Waals surface area (Å²) < 4.78 is 5.50. The van der Waals surface area contributed by atoms with E-state index >= 15 is 0 Å². The molecule has 1 fully saturated rings. The summed E-state index contributed by atoms with van der Waals surface area (Å²) >= 11 is 0. The number of ether oxygens (including phenoxy) is 1. The monoisotopic (exact) mass is 263 g/mol. The van der Waals surface area contributed by atoms with E-state index in [1.165, 1.54) is 0 Å². The fraction of sp³-hybridized carbons (Fsp3) is 0.533. The number of amides is 1. The van der Waals surface area contributed by atoms with Crippen molar-refractivity contribution >= 4 is 5.91 Å². The molecule has 2 N–H and O–H groups in total. The van der Waals surface area contributed by atoms with E-state index in [-0.39, 0.29) is 12.5 Å². The van der Waals surface area contributed by atoms with Crippen LogP contribution in [0.3, 0.4) is 0 Å². The summed E-state index contributed by atoms with van der Waals surface area (Å²) in [6.07, 6.45) is 2.57. The molecule has 104 valence electrons. The molecular weight excluding hydrogens is 242 g/mol. The molecule has 0 spiro atoms. The van der Waals surface area contributed by atoms with Crippen LogP contribution >= 0.6 is 0 Å². The van der Waals surface area contributed by atoms with Gasteiger partial charge in [-0.05, 0) is 50.3 Å². The second kappa shape index (κ2) is 5.61. The van der Waals surface area contributed by atoms with Crippen LogP contribution < -0.4 is 10.1 Å². The second-order valence-electron chi connectivity index (χ2n) is 5.41. The molecule has 2 rings (SSSR count). The lowest BCUT2D eigenvalue weighted by Crippen LogP contribution is -2.48. The van der Waals surface area contributed by atoms with E-state index in [0.717, 1.165) is 36.1 Å². The van der Waals surface area contributed by atoms with Crippen LogP contribution in [0.5, 0.6) is 5.75 Å². The lowest BCUT2D eigenvalue weighted by molar-refractivity contribution is -0.125. The minimum absolute atomic E-state index is 0.0135. The average molecular weight is 263 g/mol. The number of hydrogen-bond acceptors (Lipinski definition) is 3. The third-order valence-electron chi connectivity index (χ3n) is 3.60. The van der Waals surface area contributed by atoms with E-state index in [1.807, 2.05) is 32.0 Å². The van der Waals surface area contributed by atoms with Gasteiger partial charge in [-0.1, -0.05) is 12.1 Å². The highest BCUT2D eigenvalue weighted by Gasteiger charge is 2.34. The Morgan fingerprint density at radius 1 is 1.42 bits per heavy atom. The van der Waals surface area contributed by atoms with Crippen LogP contribution in [0.2, 0.25) is 0 Å². The average Bonchev–Trinajstić information content (AvgIpc) is 2.35. The van der Waals surface area contributed by atoms with E-state index in [0.29, 0.717) is 6.54 Å². The molecule has 19 heavy (non-hydrogen) atoms. The molecule has 1 aromatic carbocycles. The van der Waals surface area contributed by atoms with Crippen molar-refractivity contribution in [3.05, 3.63) is 29.3 Å². The van der Waals surface area contributed by atoms with Gasteiger partial charge in [0.25, 0.3) is 5.91 Å². The number of benzene rings is 1. The van der Waals surface area contributed by atoms with Gasteiger partial charge in [0, 0.05) is 6.54 Å². The normalized spacial score (nSPS) is 16.6. The molecule has 0 unspecified atom stereocenters. The zero-order chi connectivity index (χ0) is 13.9. The van der Waals surface area contributed by atoms with Crippen LogP contribution in [0.1, 0.15) is 30.4 Å². The third kappa shape index (κ3) is 3.70. The Morgan fingerprint density at radius 3 is 2.79 bits per heavy atom. The first-order valence-electron chi connectivity index (χ1n) is 6.68. The fourth-order valence-electron chi connectivity index (χ4n) is 2.08. The van der Waals surface area contributed by atoms with Crippen molar-refractivity contribution in [2.24, 2.45) is 0 Å². The van der Waals surface area contributed by atoms with Gasteiger partial charge in [-0.3, -0.25) is 4.79 Å². The van der Waals surface area contributed by atoms with Crippen LogP contribution in [0, 0.1) is 13.8 Å². The number of rotatable bonds is 5. The van der Waals surface area contributed by atoms with Crippen LogP contribution in [0.4, 0.5) is 0 Å². The first kappa shape index (κ1) is 13.9. The van der Waals surface area contributed by atoms with E-state index in [1.54, 1.807) is 0 Å². The molecule has 0 atom stereocenters. The molecule has 4 heteroatoms. The predicted octanol–water partition coefficient (Wildman–Crippen LogP) is 1.71. The van der Waals surface area contributed by atoms with Crippen molar-refractivity contribution in [3.8, 4) is 5.75 Å². The van der Waals surface area contributed by atoms with Gasteiger partial charge in [0.2, 0.25) is 0 Å². The van der Waals surface area contributed by atoms with E-state index in [9.17, 15) is 9.90 Å². The van der Waals surface area contributed by atoms with Gasteiger partial charge in [0.1, 0.15) is 5.75 Å². The Labute approximate surface area is 113 Å². The Balaban J connectivity index is 1.78. The molecule has 0 radical (unpaired) electrons. The maximum Gasteiger partial charge on any atom is 0.258 e.